The quantitative estimate of drug-likeness (QED) is 0.590. The van der Waals surface area contributed by atoms with Crippen molar-refractivity contribution >= 4 is 5.65 Å². The highest BCUT2D eigenvalue weighted by Crippen LogP contribution is 2.28. The highest BCUT2D eigenvalue weighted by molar-refractivity contribution is 5.40. The van der Waals surface area contributed by atoms with Gasteiger partial charge in [0.25, 0.3) is 0 Å². The molecule has 1 saturated heterocycles. The minimum atomic E-state index is 0.255. The minimum Gasteiger partial charge on any atom is -0.366 e. The number of hydrogen-bond donors (Lipinski definition) is 0. The van der Waals surface area contributed by atoms with E-state index in [1.54, 1.807) is 0 Å². The lowest BCUT2D eigenvalue weighted by atomic mass is 10.4. The predicted molar refractivity (Wildman–Crippen MR) is 43.9 cm³/mol. The van der Waals surface area contributed by atoms with E-state index in [4.69, 9.17) is 4.74 Å². The Bertz CT molecular complexity index is 384. The monoisotopic (exact) mass is 160 g/mol. The molecule has 0 aliphatic carbocycles. The average molecular weight is 160 g/mol. The summed E-state index contributed by atoms with van der Waals surface area (Å²) >= 11 is 0. The summed E-state index contributed by atoms with van der Waals surface area (Å²) < 4.78 is 7.16. The largest absolute Gasteiger partial charge is 0.366 e. The van der Waals surface area contributed by atoms with E-state index in [2.05, 4.69) is 4.98 Å². The average Bonchev–Trinajstić information content (AvgIpc) is 2.85. The summed E-state index contributed by atoms with van der Waals surface area (Å²) in [5, 5.41) is 0. The van der Waals surface area contributed by atoms with Crippen LogP contribution in [0.3, 0.4) is 0 Å². The second-order valence-corrected chi connectivity index (χ2v) is 2.95. The first kappa shape index (κ1) is 6.20. The van der Waals surface area contributed by atoms with E-state index in [0.717, 1.165) is 17.9 Å². The van der Waals surface area contributed by atoms with Crippen molar-refractivity contribution in [1.82, 2.24) is 9.38 Å². The van der Waals surface area contributed by atoms with Crippen molar-refractivity contribution in [1.29, 1.82) is 0 Å². The number of imidazole rings is 1. The van der Waals surface area contributed by atoms with E-state index < -0.39 is 0 Å². The number of pyridine rings is 1. The Morgan fingerprint density at radius 2 is 2.42 bits per heavy atom. The Balaban J connectivity index is 2.23. The van der Waals surface area contributed by atoms with Crippen LogP contribution in [0.25, 0.3) is 5.65 Å². The predicted octanol–water partition coefficient (Wildman–Crippen LogP) is 1.41. The van der Waals surface area contributed by atoms with Crippen molar-refractivity contribution in [2.75, 3.05) is 6.61 Å². The molecule has 3 heterocycles. The topological polar surface area (TPSA) is 29.8 Å². The fourth-order valence-corrected chi connectivity index (χ4v) is 1.33. The minimum absolute atomic E-state index is 0.255. The zero-order chi connectivity index (χ0) is 7.97. The van der Waals surface area contributed by atoms with Crippen molar-refractivity contribution in [3.8, 4) is 0 Å². The van der Waals surface area contributed by atoms with Crippen LogP contribution in [-0.4, -0.2) is 16.0 Å². The number of fused-ring (bicyclic) bond motifs is 1. The molecular formula is C9H8N2O. The van der Waals surface area contributed by atoms with Gasteiger partial charge in [-0.25, -0.2) is 4.98 Å². The summed E-state index contributed by atoms with van der Waals surface area (Å²) in [6.07, 6.45) is 4.27. The third-order valence-corrected chi connectivity index (χ3v) is 2.05. The molecule has 60 valence electrons. The molecule has 0 radical (unpaired) electrons. The molecule has 0 aromatic carbocycles. The lowest BCUT2D eigenvalue weighted by Gasteiger charge is -1.86. The first-order chi connectivity index (χ1) is 5.93. The number of nitrogens with zero attached hydrogens (tertiary/aromatic N) is 2. The summed E-state index contributed by atoms with van der Waals surface area (Å²) in [5.74, 6) is 0. The Kier molecular flexibility index (Phi) is 1.07. The Labute approximate surface area is 69.6 Å². The smallest absolute Gasteiger partial charge is 0.137 e. The summed E-state index contributed by atoms with van der Waals surface area (Å²) in [5.41, 5.74) is 2.03. The van der Waals surface area contributed by atoms with E-state index in [9.17, 15) is 0 Å². The summed E-state index contributed by atoms with van der Waals surface area (Å²) in [4.78, 5) is 4.41. The molecule has 0 spiro atoms. The molecule has 1 unspecified atom stereocenters. The molecule has 3 nitrogen and oxygen atoms in total. The van der Waals surface area contributed by atoms with Gasteiger partial charge in [-0.1, -0.05) is 6.07 Å². The van der Waals surface area contributed by atoms with Gasteiger partial charge in [-0.05, 0) is 12.1 Å². The van der Waals surface area contributed by atoms with E-state index in [0.29, 0.717) is 0 Å². The van der Waals surface area contributed by atoms with Gasteiger partial charge in [-0.3, -0.25) is 0 Å². The van der Waals surface area contributed by atoms with Crippen LogP contribution in [0, 0.1) is 0 Å². The molecule has 3 rings (SSSR count). The molecule has 0 N–H and O–H groups in total. The van der Waals surface area contributed by atoms with E-state index in [1.807, 2.05) is 35.0 Å². The lowest BCUT2D eigenvalue weighted by Crippen LogP contribution is -1.77. The molecule has 0 amide bonds. The first-order valence-corrected chi connectivity index (χ1v) is 3.99. The number of epoxide rings is 1. The molecule has 1 fully saturated rings. The molecule has 0 saturated carbocycles. The van der Waals surface area contributed by atoms with Gasteiger partial charge in [0.2, 0.25) is 0 Å². The molecule has 1 atom stereocenters. The second-order valence-electron chi connectivity index (χ2n) is 2.95. The molecule has 1 aliphatic heterocycles. The Hall–Kier alpha value is -1.35. The molecule has 12 heavy (non-hydrogen) atoms. The van der Waals surface area contributed by atoms with Gasteiger partial charge < -0.3 is 9.14 Å². The maximum Gasteiger partial charge on any atom is 0.137 e. The third kappa shape index (κ3) is 0.833. The molecule has 2 aromatic rings. The van der Waals surface area contributed by atoms with Crippen molar-refractivity contribution in [2.24, 2.45) is 0 Å². The van der Waals surface area contributed by atoms with Gasteiger partial charge in [0.15, 0.2) is 0 Å². The van der Waals surface area contributed by atoms with Crippen LogP contribution in [0.1, 0.15) is 11.8 Å². The molecular weight excluding hydrogens is 152 g/mol. The Morgan fingerprint density at radius 1 is 1.50 bits per heavy atom. The SMILES string of the molecule is c1ccn2cc(C3CO3)nc2c1. The molecule has 3 heteroatoms. The fourth-order valence-electron chi connectivity index (χ4n) is 1.33. The van der Waals surface area contributed by atoms with Crippen molar-refractivity contribution in [3.05, 3.63) is 36.3 Å². The maximum atomic E-state index is 5.15. The standard InChI is InChI=1S/C9H8N2O/c1-2-4-11-5-7(8-6-12-8)10-9(11)3-1/h1-5,8H,6H2. The van der Waals surface area contributed by atoms with Gasteiger partial charge in [0.05, 0.1) is 12.3 Å². The Morgan fingerprint density at radius 3 is 3.17 bits per heavy atom. The van der Waals surface area contributed by atoms with E-state index in [-0.39, 0.29) is 6.10 Å². The van der Waals surface area contributed by atoms with Crippen LogP contribution in [0.15, 0.2) is 30.6 Å². The van der Waals surface area contributed by atoms with Crippen molar-refractivity contribution in [3.63, 3.8) is 0 Å². The van der Waals surface area contributed by atoms with E-state index in [1.165, 1.54) is 0 Å². The van der Waals surface area contributed by atoms with E-state index >= 15 is 0 Å². The second kappa shape index (κ2) is 2.08. The van der Waals surface area contributed by atoms with Crippen LogP contribution in [0.4, 0.5) is 0 Å². The summed E-state index contributed by atoms with van der Waals surface area (Å²) in [6, 6.07) is 5.97. The summed E-state index contributed by atoms with van der Waals surface area (Å²) in [7, 11) is 0. The molecule has 2 aromatic heterocycles. The number of rotatable bonds is 1. The van der Waals surface area contributed by atoms with Crippen molar-refractivity contribution in [2.45, 2.75) is 6.10 Å². The highest BCUT2D eigenvalue weighted by Gasteiger charge is 2.27. The highest BCUT2D eigenvalue weighted by atomic mass is 16.6. The van der Waals surface area contributed by atoms with Gasteiger partial charge in [0.1, 0.15) is 11.8 Å². The van der Waals surface area contributed by atoms with Crippen LogP contribution in [-0.2, 0) is 4.74 Å². The normalized spacial score (nSPS) is 21.5. The first-order valence-electron chi connectivity index (χ1n) is 3.99. The number of hydrogen-bond acceptors (Lipinski definition) is 2. The van der Waals surface area contributed by atoms with Crippen LogP contribution >= 0.6 is 0 Å². The van der Waals surface area contributed by atoms with Gasteiger partial charge >= 0.3 is 0 Å². The van der Waals surface area contributed by atoms with Crippen LogP contribution in [0.2, 0.25) is 0 Å². The van der Waals surface area contributed by atoms with Crippen LogP contribution in [0.5, 0.6) is 0 Å². The fraction of sp³-hybridized carbons (Fsp3) is 0.222. The van der Waals surface area contributed by atoms with Gasteiger partial charge in [-0.2, -0.15) is 0 Å². The van der Waals surface area contributed by atoms with Gasteiger partial charge in [0, 0.05) is 12.4 Å². The van der Waals surface area contributed by atoms with Crippen molar-refractivity contribution < 1.29 is 4.74 Å². The maximum absolute atomic E-state index is 5.15. The van der Waals surface area contributed by atoms with Gasteiger partial charge in [-0.15, -0.1) is 0 Å². The zero-order valence-electron chi connectivity index (χ0n) is 6.47. The lowest BCUT2D eigenvalue weighted by molar-refractivity contribution is 0.412. The molecule has 0 bridgehead atoms. The summed E-state index contributed by atoms with van der Waals surface area (Å²) in [6.45, 7) is 0.823. The number of ether oxygens (including phenoxy) is 1. The molecule has 1 aliphatic rings. The number of aromatic nitrogens is 2. The zero-order valence-corrected chi connectivity index (χ0v) is 6.47. The third-order valence-electron chi connectivity index (χ3n) is 2.05. The van der Waals surface area contributed by atoms with Crippen LogP contribution < -0.4 is 0 Å².